The summed E-state index contributed by atoms with van der Waals surface area (Å²) in [5.74, 6) is 1.08. The highest BCUT2D eigenvalue weighted by molar-refractivity contribution is 7.80. The van der Waals surface area contributed by atoms with Gasteiger partial charge < -0.3 is 5.32 Å². The lowest BCUT2D eigenvalue weighted by atomic mass is 9.93. The summed E-state index contributed by atoms with van der Waals surface area (Å²) in [5.41, 5.74) is 0.275. The minimum atomic E-state index is 0.159. The van der Waals surface area contributed by atoms with E-state index >= 15 is 0 Å². The topological polar surface area (TPSA) is 29.1 Å². The summed E-state index contributed by atoms with van der Waals surface area (Å²) in [5, 5.41) is 3.43. The van der Waals surface area contributed by atoms with Gasteiger partial charge in [-0.3, -0.25) is 4.79 Å². The summed E-state index contributed by atoms with van der Waals surface area (Å²) in [4.78, 5) is 11.7. The van der Waals surface area contributed by atoms with Gasteiger partial charge in [0, 0.05) is 5.54 Å². The number of carbonyl (C=O) groups excluding carboxylic acids is 1. The first-order chi connectivity index (χ1) is 6.60. The Bertz CT molecular complexity index is 266. The number of hydrogen-bond donors (Lipinski definition) is 1. The van der Waals surface area contributed by atoms with Crippen LogP contribution >= 0.6 is 12.2 Å². The van der Waals surface area contributed by atoms with Crippen molar-refractivity contribution in [3.05, 3.63) is 0 Å². The largest absolute Gasteiger partial charge is 0.374 e. The van der Waals surface area contributed by atoms with E-state index in [1.165, 1.54) is 32.1 Å². The molecular weight excluding hydrogens is 194 g/mol. The van der Waals surface area contributed by atoms with Crippen LogP contribution in [0.1, 0.15) is 45.4 Å². The molecule has 0 aromatic heterocycles. The SMILES string of the molecule is CC(=O)CC(=S)NC12CCC(CC1)C2. The number of Topliss-reactive ketones (excluding diaryl/α,β-unsaturated/α-hetero) is 1. The third kappa shape index (κ3) is 1.97. The fraction of sp³-hybridized carbons (Fsp3) is 0.818. The summed E-state index contributed by atoms with van der Waals surface area (Å²) >= 11 is 5.19. The zero-order valence-electron chi connectivity index (χ0n) is 8.64. The van der Waals surface area contributed by atoms with E-state index < -0.39 is 0 Å². The van der Waals surface area contributed by atoms with Crippen molar-refractivity contribution in [3.8, 4) is 0 Å². The maximum atomic E-state index is 10.9. The lowest BCUT2D eigenvalue weighted by molar-refractivity contribution is -0.115. The minimum absolute atomic E-state index is 0.159. The molecule has 0 spiro atoms. The molecule has 2 saturated carbocycles. The Kier molecular flexibility index (Phi) is 2.60. The van der Waals surface area contributed by atoms with Crippen LogP contribution < -0.4 is 5.32 Å². The fourth-order valence-electron chi connectivity index (χ4n) is 2.93. The number of thiocarbonyl (C=S) groups is 1. The van der Waals surface area contributed by atoms with E-state index in [9.17, 15) is 4.79 Å². The number of carbonyl (C=O) groups is 1. The van der Waals surface area contributed by atoms with Crippen LogP contribution in [0.5, 0.6) is 0 Å². The number of rotatable bonds is 3. The Morgan fingerprint density at radius 1 is 1.50 bits per heavy atom. The maximum absolute atomic E-state index is 10.9. The molecule has 0 aliphatic heterocycles. The van der Waals surface area contributed by atoms with Gasteiger partial charge in [0.2, 0.25) is 0 Å². The molecule has 2 aliphatic rings. The quantitative estimate of drug-likeness (QED) is 0.726. The summed E-state index contributed by atoms with van der Waals surface area (Å²) in [6.07, 6.45) is 6.86. The van der Waals surface area contributed by atoms with Crippen LogP contribution in [0.15, 0.2) is 0 Å². The third-order valence-corrected chi connectivity index (χ3v) is 3.80. The van der Waals surface area contributed by atoms with Crippen molar-refractivity contribution in [1.29, 1.82) is 0 Å². The second-order valence-corrected chi connectivity index (χ2v) is 5.35. The molecular formula is C11H17NOS. The van der Waals surface area contributed by atoms with E-state index in [0.717, 1.165) is 10.9 Å². The van der Waals surface area contributed by atoms with Crippen molar-refractivity contribution in [2.24, 2.45) is 5.92 Å². The van der Waals surface area contributed by atoms with Gasteiger partial charge in [-0.2, -0.15) is 0 Å². The molecule has 2 bridgehead atoms. The second kappa shape index (κ2) is 3.61. The van der Waals surface area contributed by atoms with Crippen molar-refractivity contribution < 1.29 is 4.79 Å². The lowest BCUT2D eigenvalue weighted by Crippen LogP contribution is -2.44. The van der Waals surface area contributed by atoms with E-state index in [4.69, 9.17) is 12.2 Å². The third-order valence-electron chi connectivity index (χ3n) is 3.56. The molecule has 3 heteroatoms. The van der Waals surface area contributed by atoms with Gasteiger partial charge in [-0.1, -0.05) is 12.2 Å². The van der Waals surface area contributed by atoms with Gasteiger partial charge in [-0.05, 0) is 44.9 Å². The number of ketones is 1. The molecule has 2 fully saturated rings. The molecule has 0 aromatic carbocycles. The molecule has 0 aromatic rings. The molecule has 0 saturated heterocycles. The van der Waals surface area contributed by atoms with Crippen LogP contribution in [0.4, 0.5) is 0 Å². The first-order valence-corrected chi connectivity index (χ1v) is 5.81. The molecule has 0 unspecified atom stereocenters. The Labute approximate surface area is 90.4 Å². The van der Waals surface area contributed by atoms with Crippen molar-refractivity contribution in [2.75, 3.05) is 0 Å². The van der Waals surface area contributed by atoms with Gasteiger partial charge >= 0.3 is 0 Å². The van der Waals surface area contributed by atoms with Gasteiger partial charge in [0.1, 0.15) is 5.78 Å². The highest BCUT2D eigenvalue weighted by Gasteiger charge is 2.44. The predicted octanol–water partition coefficient (Wildman–Crippen LogP) is 2.22. The zero-order chi connectivity index (χ0) is 10.2. The molecule has 1 N–H and O–H groups in total. The molecule has 78 valence electrons. The Hall–Kier alpha value is -0.440. The normalized spacial score (nSPS) is 34.5. The molecule has 2 rings (SSSR count). The number of fused-ring (bicyclic) bond motifs is 2. The Balaban J connectivity index is 1.90. The van der Waals surface area contributed by atoms with Crippen molar-refractivity contribution in [1.82, 2.24) is 5.32 Å². The van der Waals surface area contributed by atoms with Crippen molar-refractivity contribution in [3.63, 3.8) is 0 Å². The molecule has 14 heavy (non-hydrogen) atoms. The van der Waals surface area contributed by atoms with Crippen LogP contribution in [0.25, 0.3) is 0 Å². The van der Waals surface area contributed by atoms with E-state index in [1.807, 2.05) is 0 Å². The highest BCUT2D eigenvalue weighted by atomic mass is 32.1. The average Bonchev–Trinajstić information content (AvgIpc) is 2.60. The maximum Gasteiger partial charge on any atom is 0.136 e. The summed E-state index contributed by atoms with van der Waals surface area (Å²) < 4.78 is 0. The standard InChI is InChI=1S/C11H17NOS/c1-8(13)6-10(14)12-11-4-2-9(7-11)3-5-11/h9H,2-7H2,1H3,(H,12,14). The molecule has 2 nitrogen and oxygen atoms in total. The molecule has 2 aliphatic carbocycles. The smallest absolute Gasteiger partial charge is 0.136 e. The van der Waals surface area contributed by atoms with Gasteiger partial charge in [-0.15, -0.1) is 0 Å². The van der Waals surface area contributed by atoms with Crippen molar-refractivity contribution in [2.45, 2.75) is 51.0 Å². The Morgan fingerprint density at radius 2 is 2.14 bits per heavy atom. The summed E-state index contributed by atoms with van der Waals surface area (Å²) in [6, 6.07) is 0. The fourth-order valence-corrected chi connectivity index (χ4v) is 3.35. The van der Waals surface area contributed by atoms with Crippen LogP contribution in [0, 0.1) is 5.92 Å². The van der Waals surface area contributed by atoms with Gasteiger partial charge in [0.15, 0.2) is 0 Å². The van der Waals surface area contributed by atoms with Crippen LogP contribution in [0.2, 0.25) is 0 Å². The number of hydrogen-bond acceptors (Lipinski definition) is 2. The monoisotopic (exact) mass is 211 g/mol. The van der Waals surface area contributed by atoms with E-state index in [0.29, 0.717) is 6.42 Å². The first-order valence-electron chi connectivity index (χ1n) is 5.40. The van der Waals surface area contributed by atoms with Gasteiger partial charge in [0.05, 0.1) is 11.4 Å². The van der Waals surface area contributed by atoms with Crippen molar-refractivity contribution >= 4 is 23.0 Å². The van der Waals surface area contributed by atoms with E-state index in [-0.39, 0.29) is 11.3 Å². The van der Waals surface area contributed by atoms with E-state index in [2.05, 4.69) is 5.32 Å². The first kappa shape index (κ1) is 10.1. The second-order valence-electron chi connectivity index (χ2n) is 4.85. The minimum Gasteiger partial charge on any atom is -0.374 e. The molecule has 0 radical (unpaired) electrons. The van der Waals surface area contributed by atoms with Gasteiger partial charge in [0.25, 0.3) is 0 Å². The molecule has 0 heterocycles. The molecule has 0 amide bonds. The van der Waals surface area contributed by atoms with Crippen LogP contribution in [-0.4, -0.2) is 16.3 Å². The lowest BCUT2D eigenvalue weighted by Gasteiger charge is -2.29. The van der Waals surface area contributed by atoms with Crippen LogP contribution in [-0.2, 0) is 4.79 Å². The highest BCUT2D eigenvalue weighted by Crippen LogP contribution is 2.47. The summed E-state index contributed by atoms with van der Waals surface area (Å²) in [7, 11) is 0. The Morgan fingerprint density at radius 3 is 2.57 bits per heavy atom. The predicted molar refractivity (Wildman–Crippen MR) is 60.3 cm³/mol. The molecule has 0 atom stereocenters. The summed E-state index contributed by atoms with van der Waals surface area (Å²) in [6.45, 7) is 1.59. The van der Waals surface area contributed by atoms with Gasteiger partial charge in [-0.25, -0.2) is 0 Å². The average molecular weight is 211 g/mol. The van der Waals surface area contributed by atoms with E-state index in [1.54, 1.807) is 6.92 Å². The van der Waals surface area contributed by atoms with Crippen LogP contribution in [0.3, 0.4) is 0 Å². The zero-order valence-corrected chi connectivity index (χ0v) is 9.45. The number of nitrogens with one attached hydrogen (secondary N) is 1.